The van der Waals surface area contributed by atoms with Gasteiger partial charge in [-0.3, -0.25) is 4.99 Å². The molecule has 9 heteroatoms. The van der Waals surface area contributed by atoms with Gasteiger partial charge in [-0.05, 0) is 26.3 Å². The number of aliphatic imine (C=N–C) groups is 1. The van der Waals surface area contributed by atoms with Gasteiger partial charge in [0.25, 0.3) is 0 Å². The molecule has 170 valence electrons. The van der Waals surface area contributed by atoms with Crippen molar-refractivity contribution in [3.05, 3.63) is 35.9 Å². The van der Waals surface area contributed by atoms with E-state index in [9.17, 15) is 8.42 Å². The summed E-state index contributed by atoms with van der Waals surface area (Å²) in [6.07, 6.45) is 0.0348. The van der Waals surface area contributed by atoms with Crippen molar-refractivity contribution in [2.45, 2.75) is 33.5 Å². The van der Waals surface area contributed by atoms with E-state index in [1.54, 1.807) is 4.31 Å². The van der Waals surface area contributed by atoms with Crippen LogP contribution in [0.15, 0.2) is 35.3 Å². The zero-order chi connectivity index (χ0) is 21.8. The standard InChI is InChI=1S/C21H36N4O4S/c1-4-22-21(23-10-15-28-18-20-8-6-5-7-9-20)24-11-13-25(14-12-24)30(26,27)17-16-29-19(2)3/h5-9,19H,4,10-18H2,1-3H3,(H,22,23). The minimum Gasteiger partial charge on any atom is -0.378 e. The lowest BCUT2D eigenvalue weighted by atomic mass is 10.2. The number of guanidine groups is 1. The highest BCUT2D eigenvalue weighted by Gasteiger charge is 2.27. The van der Waals surface area contributed by atoms with Gasteiger partial charge >= 0.3 is 0 Å². The third-order valence-corrected chi connectivity index (χ3v) is 6.50. The monoisotopic (exact) mass is 440 g/mol. The van der Waals surface area contributed by atoms with E-state index in [0.29, 0.717) is 45.9 Å². The van der Waals surface area contributed by atoms with Gasteiger partial charge in [0.15, 0.2) is 5.96 Å². The predicted molar refractivity (Wildman–Crippen MR) is 120 cm³/mol. The summed E-state index contributed by atoms with van der Waals surface area (Å²) in [5.74, 6) is 0.832. The van der Waals surface area contributed by atoms with Gasteiger partial charge in [-0.1, -0.05) is 30.3 Å². The number of benzene rings is 1. The molecule has 0 aliphatic carbocycles. The Labute approximate surface area is 181 Å². The smallest absolute Gasteiger partial charge is 0.216 e. The first-order valence-corrected chi connectivity index (χ1v) is 12.3. The van der Waals surface area contributed by atoms with Gasteiger partial charge < -0.3 is 19.7 Å². The van der Waals surface area contributed by atoms with Crippen molar-refractivity contribution in [1.29, 1.82) is 0 Å². The molecule has 0 unspecified atom stereocenters. The quantitative estimate of drug-likeness (QED) is 0.319. The lowest BCUT2D eigenvalue weighted by Gasteiger charge is -2.35. The number of nitrogens with one attached hydrogen (secondary N) is 1. The van der Waals surface area contributed by atoms with Gasteiger partial charge in [-0.25, -0.2) is 8.42 Å². The van der Waals surface area contributed by atoms with E-state index in [0.717, 1.165) is 18.1 Å². The van der Waals surface area contributed by atoms with E-state index in [4.69, 9.17) is 9.47 Å². The molecule has 30 heavy (non-hydrogen) atoms. The molecule has 1 saturated heterocycles. The van der Waals surface area contributed by atoms with Crippen molar-refractivity contribution >= 4 is 16.0 Å². The molecule has 0 aromatic heterocycles. The number of nitrogens with zero attached hydrogens (tertiary/aromatic N) is 3. The molecule has 1 fully saturated rings. The molecule has 1 aromatic carbocycles. The van der Waals surface area contributed by atoms with Crippen LogP contribution in [0.5, 0.6) is 0 Å². The van der Waals surface area contributed by atoms with Crippen molar-refractivity contribution in [1.82, 2.24) is 14.5 Å². The Bertz CT molecular complexity index is 733. The first kappa shape index (κ1) is 24.6. The summed E-state index contributed by atoms with van der Waals surface area (Å²) in [5.41, 5.74) is 1.14. The Morgan fingerprint density at radius 2 is 1.83 bits per heavy atom. The highest BCUT2D eigenvalue weighted by Crippen LogP contribution is 2.09. The number of hydrogen-bond donors (Lipinski definition) is 1. The molecular formula is C21H36N4O4S. The van der Waals surface area contributed by atoms with Crippen LogP contribution in [-0.2, 0) is 26.1 Å². The first-order valence-electron chi connectivity index (χ1n) is 10.7. The SMILES string of the molecule is CCNC(=NCCOCc1ccccc1)N1CCN(S(=O)(=O)CCOC(C)C)CC1. The number of piperazine rings is 1. The molecule has 8 nitrogen and oxygen atoms in total. The predicted octanol–water partition coefficient (Wildman–Crippen LogP) is 1.54. The molecule has 1 aliphatic rings. The highest BCUT2D eigenvalue weighted by atomic mass is 32.2. The van der Waals surface area contributed by atoms with Gasteiger partial charge in [0.05, 0.1) is 38.2 Å². The molecule has 2 rings (SSSR count). The lowest BCUT2D eigenvalue weighted by Crippen LogP contribution is -2.54. The van der Waals surface area contributed by atoms with E-state index in [1.165, 1.54) is 0 Å². The summed E-state index contributed by atoms with van der Waals surface area (Å²) in [7, 11) is -3.29. The van der Waals surface area contributed by atoms with Crippen molar-refractivity contribution in [2.75, 3.05) is 58.2 Å². The van der Waals surface area contributed by atoms with Gasteiger partial charge in [-0.2, -0.15) is 4.31 Å². The van der Waals surface area contributed by atoms with E-state index < -0.39 is 10.0 Å². The largest absolute Gasteiger partial charge is 0.378 e. The van der Waals surface area contributed by atoms with Crippen LogP contribution in [0.1, 0.15) is 26.3 Å². The third-order valence-electron chi connectivity index (χ3n) is 4.67. The van der Waals surface area contributed by atoms with Crippen LogP contribution in [0.4, 0.5) is 0 Å². The molecule has 1 heterocycles. The molecule has 0 bridgehead atoms. The minimum absolute atomic E-state index is 0.0259. The number of hydrogen-bond acceptors (Lipinski definition) is 5. The van der Waals surface area contributed by atoms with Crippen LogP contribution in [-0.4, -0.2) is 87.9 Å². The van der Waals surface area contributed by atoms with Crippen LogP contribution in [0, 0.1) is 0 Å². The van der Waals surface area contributed by atoms with Crippen LogP contribution < -0.4 is 5.32 Å². The summed E-state index contributed by atoms with van der Waals surface area (Å²) in [4.78, 5) is 6.75. The Kier molecular flexibility index (Phi) is 10.6. The van der Waals surface area contributed by atoms with E-state index in [2.05, 4.69) is 15.2 Å². The summed E-state index contributed by atoms with van der Waals surface area (Å²) in [5, 5.41) is 3.29. The van der Waals surface area contributed by atoms with E-state index in [1.807, 2.05) is 51.1 Å². The molecule has 1 aliphatic heterocycles. The molecule has 1 aromatic rings. The number of sulfonamides is 1. The summed E-state index contributed by atoms with van der Waals surface area (Å²) in [6.45, 7) is 10.6. The van der Waals surface area contributed by atoms with Crippen molar-refractivity contribution in [3.8, 4) is 0 Å². The second-order valence-electron chi connectivity index (χ2n) is 7.40. The average Bonchev–Trinajstić information content (AvgIpc) is 2.73. The van der Waals surface area contributed by atoms with Crippen molar-refractivity contribution in [2.24, 2.45) is 4.99 Å². The summed E-state index contributed by atoms with van der Waals surface area (Å²) in [6, 6.07) is 10.1. The minimum atomic E-state index is -3.29. The Morgan fingerprint density at radius 1 is 1.13 bits per heavy atom. The summed E-state index contributed by atoms with van der Waals surface area (Å²) < 4.78 is 37.6. The third kappa shape index (κ3) is 8.59. The van der Waals surface area contributed by atoms with Crippen molar-refractivity contribution in [3.63, 3.8) is 0 Å². The average molecular weight is 441 g/mol. The molecule has 0 atom stereocenters. The van der Waals surface area contributed by atoms with Gasteiger partial charge in [0, 0.05) is 32.7 Å². The Hall–Kier alpha value is -1.68. The molecule has 0 saturated carbocycles. The molecule has 0 amide bonds. The summed E-state index contributed by atoms with van der Waals surface area (Å²) >= 11 is 0. The zero-order valence-electron chi connectivity index (χ0n) is 18.4. The molecule has 1 N–H and O–H groups in total. The maximum atomic E-state index is 12.5. The van der Waals surface area contributed by atoms with Crippen LogP contribution in [0.25, 0.3) is 0 Å². The highest BCUT2D eigenvalue weighted by molar-refractivity contribution is 7.89. The zero-order valence-corrected chi connectivity index (χ0v) is 19.2. The molecule has 0 spiro atoms. The van der Waals surface area contributed by atoms with E-state index >= 15 is 0 Å². The fourth-order valence-corrected chi connectivity index (χ4v) is 4.39. The van der Waals surface area contributed by atoms with Crippen LogP contribution in [0.3, 0.4) is 0 Å². The van der Waals surface area contributed by atoms with Gasteiger partial charge in [0.1, 0.15) is 0 Å². The fourth-order valence-electron chi connectivity index (χ4n) is 3.10. The van der Waals surface area contributed by atoms with Gasteiger partial charge in [0.2, 0.25) is 10.0 Å². The topological polar surface area (TPSA) is 83.5 Å². The fraction of sp³-hybridized carbons (Fsp3) is 0.667. The molecule has 0 radical (unpaired) electrons. The number of ether oxygens (including phenoxy) is 2. The second kappa shape index (κ2) is 12.9. The van der Waals surface area contributed by atoms with Crippen LogP contribution in [0.2, 0.25) is 0 Å². The lowest BCUT2D eigenvalue weighted by molar-refractivity contribution is 0.0904. The number of rotatable bonds is 11. The normalized spacial score (nSPS) is 16.3. The Balaban J connectivity index is 1.77. The van der Waals surface area contributed by atoms with Gasteiger partial charge in [-0.15, -0.1) is 0 Å². The van der Waals surface area contributed by atoms with Crippen molar-refractivity contribution < 1.29 is 17.9 Å². The Morgan fingerprint density at radius 3 is 2.47 bits per heavy atom. The maximum Gasteiger partial charge on any atom is 0.216 e. The van der Waals surface area contributed by atoms with Crippen LogP contribution >= 0.6 is 0 Å². The molecular weight excluding hydrogens is 404 g/mol. The first-order chi connectivity index (χ1) is 14.4. The maximum absolute atomic E-state index is 12.5. The van der Waals surface area contributed by atoms with E-state index in [-0.39, 0.29) is 18.5 Å². The second-order valence-corrected chi connectivity index (χ2v) is 9.48.